The third-order valence-electron chi connectivity index (χ3n) is 2.29. The summed E-state index contributed by atoms with van der Waals surface area (Å²) in [6, 6.07) is 9.57. The van der Waals surface area contributed by atoms with Gasteiger partial charge in [-0.15, -0.1) is 0 Å². The summed E-state index contributed by atoms with van der Waals surface area (Å²) in [6.07, 6.45) is 0.402. The lowest BCUT2D eigenvalue weighted by Crippen LogP contribution is -2.16. The van der Waals surface area contributed by atoms with E-state index in [9.17, 15) is 9.59 Å². The molecule has 0 heterocycles. The number of hydrogen-bond acceptors (Lipinski definition) is 4. The predicted molar refractivity (Wildman–Crippen MR) is 68.8 cm³/mol. The second-order valence-corrected chi connectivity index (χ2v) is 4.85. The molecule has 3 nitrogen and oxygen atoms in total. The first-order valence-corrected chi connectivity index (χ1v) is 6.39. The molecule has 0 N–H and O–H groups in total. The van der Waals surface area contributed by atoms with E-state index >= 15 is 0 Å². The highest BCUT2D eigenvalue weighted by Crippen LogP contribution is 2.13. The van der Waals surface area contributed by atoms with Gasteiger partial charge < -0.3 is 4.74 Å². The number of hydrogen-bond donors (Lipinski definition) is 0. The maximum Gasteiger partial charge on any atom is 0.309 e. The molecular formula is C13H16O3S. The zero-order valence-electron chi connectivity index (χ0n) is 10.0. The van der Waals surface area contributed by atoms with Crippen LogP contribution in [0.3, 0.4) is 0 Å². The zero-order chi connectivity index (χ0) is 12.7. The van der Waals surface area contributed by atoms with E-state index in [1.165, 1.54) is 18.9 Å². The molecule has 0 aromatic heterocycles. The number of carbonyl (C=O) groups is 2. The molecule has 0 unspecified atom stereocenters. The first kappa shape index (κ1) is 13.8. The SMILES string of the molecule is COC(=O)[C@H](C)CSC(=O)Cc1ccccc1. The normalized spacial score (nSPS) is 11.9. The van der Waals surface area contributed by atoms with Crippen molar-refractivity contribution in [2.75, 3.05) is 12.9 Å². The highest BCUT2D eigenvalue weighted by molar-refractivity contribution is 8.13. The van der Waals surface area contributed by atoms with E-state index in [0.717, 1.165) is 5.56 Å². The zero-order valence-corrected chi connectivity index (χ0v) is 10.8. The standard InChI is InChI=1S/C13H16O3S/c1-10(13(15)16-2)9-17-12(14)8-11-6-4-3-5-7-11/h3-7,10H,8-9H2,1-2H3/t10-/m1/s1. The van der Waals surface area contributed by atoms with Crippen LogP contribution in [0.5, 0.6) is 0 Å². The minimum absolute atomic E-state index is 0.0759. The molecule has 0 amide bonds. The van der Waals surface area contributed by atoms with Gasteiger partial charge in [-0.3, -0.25) is 9.59 Å². The average molecular weight is 252 g/mol. The minimum atomic E-state index is -0.273. The molecule has 1 atom stereocenters. The van der Waals surface area contributed by atoms with Crippen LogP contribution in [0.25, 0.3) is 0 Å². The van der Waals surface area contributed by atoms with E-state index in [0.29, 0.717) is 12.2 Å². The molecule has 92 valence electrons. The van der Waals surface area contributed by atoms with Gasteiger partial charge in [-0.1, -0.05) is 49.0 Å². The fourth-order valence-corrected chi connectivity index (χ4v) is 2.14. The molecule has 4 heteroatoms. The van der Waals surface area contributed by atoms with Gasteiger partial charge in [0, 0.05) is 12.2 Å². The van der Waals surface area contributed by atoms with Crippen LogP contribution in [0, 0.1) is 5.92 Å². The maximum atomic E-state index is 11.6. The fraction of sp³-hybridized carbons (Fsp3) is 0.385. The summed E-state index contributed by atoms with van der Waals surface area (Å²) >= 11 is 1.18. The maximum absolute atomic E-state index is 11.6. The molecule has 0 saturated carbocycles. The molecular weight excluding hydrogens is 236 g/mol. The number of ether oxygens (including phenoxy) is 1. The van der Waals surface area contributed by atoms with Gasteiger partial charge in [-0.2, -0.15) is 0 Å². The molecule has 0 bridgehead atoms. The summed E-state index contributed by atoms with van der Waals surface area (Å²) in [5.74, 6) is -0.0482. The van der Waals surface area contributed by atoms with Crippen molar-refractivity contribution in [2.45, 2.75) is 13.3 Å². The Bertz CT molecular complexity index is 376. The summed E-state index contributed by atoms with van der Waals surface area (Å²) < 4.78 is 4.60. The van der Waals surface area contributed by atoms with Crippen molar-refractivity contribution in [3.05, 3.63) is 35.9 Å². The topological polar surface area (TPSA) is 43.4 Å². The van der Waals surface area contributed by atoms with Crippen LogP contribution in [-0.4, -0.2) is 23.9 Å². The molecule has 0 fully saturated rings. The van der Waals surface area contributed by atoms with E-state index in [4.69, 9.17) is 0 Å². The quantitative estimate of drug-likeness (QED) is 0.754. The Morgan fingerprint density at radius 1 is 1.29 bits per heavy atom. The monoisotopic (exact) mass is 252 g/mol. The van der Waals surface area contributed by atoms with Crippen molar-refractivity contribution < 1.29 is 14.3 Å². The number of thioether (sulfide) groups is 1. The van der Waals surface area contributed by atoms with Gasteiger partial charge in [-0.25, -0.2) is 0 Å². The number of carbonyl (C=O) groups excluding carboxylic acids is 2. The molecule has 0 aliphatic rings. The lowest BCUT2D eigenvalue weighted by Gasteiger charge is -2.07. The van der Waals surface area contributed by atoms with E-state index < -0.39 is 0 Å². The average Bonchev–Trinajstić information content (AvgIpc) is 2.36. The summed E-state index contributed by atoms with van der Waals surface area (Å²) in [7, 11) is 1.36. The molecule has 0 spiro atoms. The second kappa shape index (κ2) is 7.12. The number of benzene rings is 1. The summed E-state index contributed by atoms with van der Waals surface area (Å²) in [5.41, 5.74) is 0.996. The number of esters is 1. The highest BCUT2D eigenvalue weighted by atomic mass is 32.2. The van der Waals surface area contributed by atoms with Crippen molar-refractivity contribution in [1.82, 2.24) is 0 Å². The summed E-state index contributed by atoms with van der Waals surface area (Å²) in [6.45, 7) is 1.76. The summed E-state index contributed by atoms with van der Waals surface area (Å²) in [5, 5.41) is 0.0759. The van der Waals surface area contributed by atoms with Crippen LogP contribution >= 0.6 is 11.8 Å². The Morgan fingerprint density at radius 2 is 1.94 bits per heavy atom. The lowest BCUT2D eigenvalue weighted by atomic mass is 10.2. The molecule has 0 aliphatic carbocycles. The van der Waals surface area contributed by atoms with Crippen LogP contribution in [0.15, 0.2) is 30.3 Å². The van der Waals surface area contributed by atoms with Gasteiger partial charge in [0.2, 0.25) is 0 Å². The summed E-state index contributed by atoms with van der Waals surface area (Å²) in [4.78, 5) is 22.8. The highest BCUT2D eigenvalue weighted by Gasteiger charge is 2.15. The van der Waals surface area contributed by atoms with Crippen molar-refractivity contribution in [1.29, 1.82) is 0 Å². The molecule has 1 aromatic rings. The number of methoxy groups -OCH3 is 1. The Labute approximate surface area is 106 Å². The van der Waals surface area contributed by atoms with Crippen LogP contribution in [0.1, 0.15) is 12.5 Å². The van der Waals surface area contributed by atoms with Gasteiger partial charge >= 0.3 is 5.97 Å². The third kappa shape index (κ3) is 5.04. The van der Waals surface area contributed by atoms with Crippen LogP contribution in [-0.2, 0) is 20.7 Å². The second-order valence-electron chi connectivity index (χ2n) is 3.77. The smallest absolute Gasteiger partial charge is 0.309 e. The van der Waals surface area contributed by atoms with E-state index in [1.54, 1.807) is 6.92 Å². The van der Waals surface area contributed by atoms with E-state index in [-0.39, 0.29) is 17.0 Å². The van der Waals surface area contributed by atoms with Gasteiger partial charge in [0.15, 0.2) is 5.12 Å². The van der Waals surface area contributed by atoms with Crippen molar-refractivity contribution in [3.8, 4) is 0 Å². The van der Waals surface area contributed by atoms with Crippen molar-refractivity contribution in [2.24, 2.45) is 5.92 Å². The first-order chi connectivity index (χ1) is 8.13. The van der Waals surface area contributed by atoms with E-state index in [2.05, 4.69) is 4.74 Å². The molecule has 1 aromatic carbocycles. The molecule has 17 heavy (non-hydrogen) atoms. The Kier molecular flexibility index (Phi) is 5.77. The Morgan fingerprint density at radius 3 is 2.53 bits per heavy atom. The first-order valence-electron chi connectivity index (χ1n) is 5.41. The van der Waals surface area contributed by atoms with Gasteiger partial charge in [0.25, 0.3) is 0 Å². The van der Waals surface area contributed by atoms with Gasteiger partial charge in [0.05, 0.1) is 13.0 Å². The van der Waals surface area contributed by atoms with Crippen molar-refractivity contribution in [3.63, 3.8) is 0 Å². The van der Waals surface area contributed by atoms with E-state index in [1.807, 2.05) is 30.3 Å². The van der Waals surface area contributed by atoms with Crippen molar-refractivity contribution >= 4 is 22.8 Å². The predicted octanol–water partition coefficient (Wildman–Crippen LogP) is 2.30. The van der Waals surface area contributed by atoms with Crippen LogP contribution in [0.2, 0.25) is 0 Å². The minimum Gasteiger partial charge on any atom is -0.469 e. The Hall–Kier alpha value is -1.29. The fourth-order valence-electron chi connectivity index (χ4n) is 1.30. The van der Waals surface area contributed by atoms with Gasteiger partial charge in [-0.05, 0) is 5.56 Å². The molecule has 0 aliphatic heterocycles. The van der Waals surface area contributed by atoms with Gasteiger partial charge in [0.1, 0.15) is 0 Å². The largest absolute Gasteiger partial charge is 0.469 e. The van der Waals surface area contributed by atoms with Crippen LogP contribution in [0.4, 0.5) is 0 Å². The number of rotatable bonds is 5. The Balaban J connectivity index is 2.33. The third-order valence-corrected chi connectivity index (χ3v) is 3.42. The van der Waals surface area contributed by atoms with Crippen LogP contribution < -0.4 is 0 Å². The molecule has 1 rings (SSSR count). The molecule has 0 saturated heterocycles. The lowest BCUT2D eigenvalue weighted by molar-refractivity contribution is -0.143. The molecule has 0 radical (unpaired) electrons.